The fraction of sp³-hybridized carbons (Fsp3) is 0.385. The number of Topliss-reactive ketones (excluding diaryl/α,β-unsaturated/α-hetero) is 1. The van der Waals surface area contributed by atoms with Gasteiger partial charge in [0, 0.05) is 24.2 Å². The highest BCUT2D eigenvalue weighted by Crippen LogP contribution is 2.26. The van der Waals surface area contributed by atoms with Crippen molar-refractivity contribution < 1.29 is 4.79 Å². The SMILES string of the molecule is CC(C)(C)c1nnsc1C(=O)Cc1cccnc1. The molecule has 0 radical (unpaired) electrons. The van der Waals surface area contributed by atoms with E-state index in [1.165, 1.54) is 11.5 Å². The van der Waals surface area contributed by atoms with Crippen molar-refractivity contribution in [2.24, 2.45) is 0 Å². The van der Waals surface area contributed by atoms with Gasteiger partial charge in [-0.2, -0.15) is 0 Å². The van der Waals surface area contributed by atoms with Crippen LogP contribution in [0.1, 0.15) is 41.7 Å². The average molecular weight is 261 g/mol. The molecular formula is C13H15N3OS. The summed E-state index contributed by atoms with van der Waals surface area (Å²) >= 11 is 1.17. The van der Waals surface area contributed by atoms with Gasteiger partial charge in [0.25, 0.3) is 0 Å². The van der Waals surface area contributed by atoms with E-state index in [0.29, 0.717) is 11.3 Å². The summed E-state index contributed by atoms with van der Waals surface area (Å²) in [7, 11) is 0. The lowest BCUT2D eigenvalue weighted by Gasteiger charge is -2.15. The van der Waals surface area contributed by atoms with Crippen LogP contribution in [0.15, 0.2) is 24.5 Å². The van der Waals surface area contributed by atoms with Gasteiger partial charge in [-0.05, 0) is 23.2 Å². The van der Waals surface area contributed by atoms with Crippen LogP contribution >= 0.6 is 11.5 Å². The van der Waals surface area contributed by atoms with Gasteiger partial charge in [-0.1, -0.05) is 31.3 Å². The maximum absolute atomic E-state index is 12.2. The lowest BCUT2D eigenvalue weighted by molar-refractivity contribution is 0.0994. The Labute approximate surface area is 110 Å². The summed E-state index contributed by atoms with van der Waals surface area (Å²) < 4.78 is 3.91. The van der Waals surface area contributed by atoms with E-state index in [9.17, 15) is 4.79 Å². The minimum absolute atomic E-state index is 0.0583. The normalized spacial score (nSPS) is 11.5. The molecule has 2 aromatic rings. The van der Waals surface area contributed by atoms with Gasteiger partial charge in [0.15, 0.2) is 5.78 Å². The van der Waals surface area contributed by atoms with Crippen LogP contribution in [0.3, 0.4) is 0 Å². The third kappa shape index (κ3) is 2.79. The fourth-order valence-corrected chi connectivity index (χ4v) is 2.44. The molecule has 0 aromatic carbocycles. The summed E-state index contributed by atoms with van der Waals surface area (Å²) in [6, 6.07) is 3.73. The van der Waals surface area contributed by atoms with Gasteiger partial charge < -0.3 is 0 Å². The summed E-state index contributed by atoms with van der Waals surface area (Å²) in [5.41, 5.74) is 1.53. The van der Waals surface area contributed by atoms with Crippen molar-refractivity contribution in [3.63, 3.8) is 0 Å². The largest absolute Gasteiger partial charge is 0.293 e. The molecule has 0 aliphatic carbocycles. The van der Waals surface area contributed by atoms with Crippen LogP contribution < -0.4 is 0 Å². The third-order valence-corrected chi connectivity index (χ3v) is 3.31. The Balaban J connectivity index is 2.23. The Bertz CT molecular complexity index is 543. The fourth-order valence-electron chi connectivity index (χ4n) is 1.63. The van der Waals surface area contributed by atoms with E-state index in [4.69, 9.17) is 0 Å². The van der Waals surface area contributed by atoms with E-state index in [0.717, 1.165) is 11.3 Å². The number of ketones is 1. The molecule has 0 atom stereocenters. The zero-order valence-electron chi connectivity index (χ0n) is 10.7. The lowest BCUT2D eigenvalue weighted by atomic mass is 9.90. The van der Waals surface area contributed by atoms with E-state index < -0.39 is 0 Å². The van der Waals surface area contributed by atoms with Gasteiger partial charge in [0.1, 0.15) is 4.88 Å². The van der Waals surface area contributed by atoms with Crippen molar-refractivity contribution >= 4 is 17.3 Å². The summed E-state index contributed by atoms with van der Waals surface area (Å²) in [5, 5.41) is 4.08. The molecule has 2 heterocycles. The molecule has 5 heteroatoms. The van der Waals surface area contributed by atoms with Crippen molar-refractivity contribution in [1.29, 1.82) is 0 Å². The van der Waals surface area contributed by atoms with Crippen molar-refractivity contribution in [3.05, 3.63) is 40.7 Å². The van der Waals surface area contributed by atoms with E-state index in [2.05, 4.69) is 14.6 Å². The average Bonchev–Trinajstić information content (AvgIpc) is 2.79. The number of nitrogens with zero attached hydrogens (tertiary/aromatic N) is 3. The first-order chi connectivity index (χ1) is 8.48. The van der Waals surface area contributed by atoms with Crippen LogP contribution in [0.25, 0.3) is 0 Å². The van der Waals surface area contributed by atoms with Crippen LogP contribution in [0.4, 0.5) is 0 Å². The van der Waals surface area contributed by atoms with Gasteiger partial charge in [0.2, 0.25) is 0 Å². The number of hydrogen-bond acceptors (Lipinski definition) is 5. The molecule has 0 N–H and O–H groups in total. The molecule has 0 spiro atoms. The number of aromatic nitrogens is 3. The molecule has 0 bridgehead atoms. The topological polar surface area (TPSA) is 55.7 Å². The number of pyridine rings is 1. The molecule has 0 unspecified atom stereocenters. The number of carbonyl (C=O) groups excluding carboxylic acids is 1. The molecule has 2 aromatic heterocycles. The van der Waals surface area contributed by atoms with Crippen LogP contribution in [-0.2, 0) is 11.8 Å². The lowest BCUT2D eigenvalue weighted by Crippen LogP contribution is -2.17. The zero-order chi connectivity index (χ0) is 13.2. The Morgan fingerprint density at radius 3 is 2.78 bits per heavy atom. The van der Waals surface area contributed by atoms with E-state index in [1.54, 1.807) is 12.4 Å². The molecular weight excluding hydrogens is 246 g/mol. The van der Waals surface area contributed by atoms with Crippen LogP contribution in [0.5, 0.6) is 0 Å². The maximum atomic E-state index is 12.2. The first-order valence-corrected chi connectivity index (χ1v) is 6.51. The van der Waals surface area contributed by atoms with Crippen molar-refractivity contribution in [1.82, 2.24) is 14.6 Å². The van der Waals surface area contributed by atoms with E-state index in [1.807, 2.05) is 32.9 Å². The smallest absolute Gasteiger partial charge is 0.180 e. The van der Waals surface area contributed by atoms with Gasteiger partial charge in [-0.15, -0.1) is 5.10 Å². The molecule has 0 fully saturated rings. The van der Waals surface area contributed by atoms with Crippen molar-refractivity contribution in [2.45, 2.75) is 32.6 Å². The summed E-state index contributed by atoms with van der Waals surface area (Å²) in [4.78, 5) is 16.9. The highest BCUT2D eigenvalue weighted by Gasteiger charge is 2.26. The predicted molar refractivity (Wildman–Crippen MR) is 70.9 cm³/mol. The van der Waals surface area contributed by atoms with Gasteiger partial charge in [-0.3, -0.25) is 9.78 Å². The highest BCUT2D eigenvalue weighted by atomic mass is 32.1. The van der Waals surface area contributed by atoms with Crippen LogP contribution in [0, 0.1) is 0 Å². The predicted octanol–water partition coefficient (Wildman–Crippen LogP) is 2.66. The molecule has 94 valence electrons. The Kier molecular flexibility index (Phi) is 3.52. The highest BCUT2D eigenvalue weighted by molar-refractivity contribution is 7.08. The van der Waals surface area contributed by atoms with Gasteiger partial charge in [-0.25, -0.2) is 0 Å². The second kappa shape index (κ2) is 4.94. The molecule has 2 rings (SSSR count). The van der Waals surface area contributed by atoms with E-state index >= 15 is 0 Å². The number of rotatable bonds is 3. The van der Waals surface area contributed by atoms with Crippen LogP contribution in [0.2, 0.25) is 0 Å². The second-order valence-electron chi connectivity index (χ2n) is 5.16. The minimum Gasteiger partial charge on any atom is -0.293 e. The molecule has 0 aliphatic heterocycles. The Hall–Kier alpha value is -1.62. The summed E-state index contributed by atoms with van der Waals surface area (Å²) in [5.74, 6) is 0.0583. The first kappa shape index (κ1) is 12.8. The Morgan fingerprint density at radius 2 is 2.17 bits per heavy atom. The molecule has 0 aliphatic rings. The number of carbonyl (C=O) groups is 1. The van der Waals surface area contributed by atoms with Gasteiger partial charge >= 0.3 is 0 Å². The summed E-state index contributed by atoms with van der Waals surface area (Å²) in [6.07, 6.45) is 3.76. The monoisotopic (exact) mass is 261 g/mol. The first-order valence-electron chi connectivity index (χ1n) is 5.73. The van der Waals surface area contributed by atoms with Crippen molar-refractivity contribution in [2.75, 3.05) is 0 Å². The van der Waals surface area contributed by atoms with Crippen LogP contribution in [-0.4, -0.2) is 20.4 Å². The zero-order valence-corrected chi connectivity index (χ0v) is 11.5. The van der Waals surface area contributed by atoms with Gasteiger partial charge in [0.05, 0.1) is 5.69 Å². The third-order valence-electron chi connectivity index (χ3n) is 2.54. The molecule has 18 heavy (non-hydrogen) atoms. The standard InChI is InChI=1S/C13H15N3OS/c1-13(2,3)12-11(18-16-15-12)10(17)7-9-5-4-6-14-8-9/h4-6,8H,7H2,1-3H3. The quantitative estimate of drug-likeness (QED) is 0.797. The Morgan fingerprint density at radius 1 is 1.39 bits per heavy atom. The second-order valence-corrected chi connectivity index (χ2v) is 5.92. The molecule has 0 amide bonds. The maximum Gasteiger partial charge on any atom is 0.180 e. The molecule has 4 nitrogen and oxygen atoms in total. The van der Waals surface area contributed by atoms with E-state index in [-0.39, 0.29) is 11.2 Å². The number of hydrogen-bond donors (Lipinski definition) is 0. The molecule has 0 saturated carbocycles. The molecule has 0 saturated heterocycles. The summed E-state index contributed by atoms with van der Waals surface area (Å²) in [6.45, 7) is 6.10. The minimum atomic E-state index is -0.160. The van der Waals surface area contributed by atoms with Crippen molar-refractivity contribution in [3.8, 4) is 0 Å².